The van der Waals surface area contributed by atoms with Crippen molar-refractivity contribution in [1.29, 1.82) is 0 Å². The summed E-state index contributed by atoms with van der Waals surface area (Å²) >= 11 is 0. The van der Waals surface area contributed by atoms with Crippen LogP contribution in [0.3, 0.4) is 0 Å². The minimum absolute atomic E-state index is 0.0163. The molecule has 1 unspecified atom stereocenters. The fourth-order valence-electron chi connectivity index (χ4n) is 4.27. The molecule has 2 aromatic heterocycles. The lowest BCUT2D eigenvalue weighted by atomic mass is 10.1. The van der Waals surface area contributed by atoms with Gasteiger partial charge in [-0.25, -0.2) is 4.68 Å². The van der Waals surface area contributed by atoms with Crippen molar-refractivity contribution < 1.29 is 14.2 Å². The molecule has 160 valence electrons. The van der Waals surface area contributed by atoms with Gasteiger partial charge >= 0.3 is 0 Å². The number of nitrogens with zero attached hydrogens (tertiary/aromatic N) is 4. The first-order valence-electron chi connectivity index (χ1n) is 11.1. The van der Waals surface area contributed by atoms with Crippen LogP contribution in [0.25, 0.3) is 22.2 Å². The van der Waals surface area contributed by atoms with Crippen molar-refractivity contribution in [1.82, 2.24) is 19.6 Å². The van der Waals surface area contributed by atoms with Crippen LogP contribution in [-0.2, 0) is 9.47 Å². The van der Waals surface area contributed by atoms with Crippen molar-refractivity contribution in [2.75, 3.05) is 19.8 Å². The summed E-state index contributed by atoms with van der Waals surface area (Å²) in [6.45, 7) is 6.47. The van der Waals surface area contributed by atoms with Crippen LogP contribution in [0.1, 0.15) is 58.2 Å². The van der Waals surface area contributed by atoms with E-state index in [1.54, 1.807) is 0 Å². The first kappa shape index (κ1) is 19.6. The van der Waals surface area contributed by atoms with Gasteiger partial charge in [0, 0.05) is 36.8 Å². The normalized spacial score (nSPS) is 25.6. The highest BCUT2D eigenvalue weighted by atomic mass is 16.5. The van der Waals surface area contributed by atoms with Crippen molar-refractivity contribution in [3.8, 4) is 17.0 Å². The summed E-state index contributed by atoms with van der Waals surface area (Å²) < 4.78 is 22.1. The molecule has 3 aromatic rings. The fourth-order valence-corrected chi connectivity index (χ4v) is 4.27. The minimum Gasteiger partial charge on any atom is -0.491 e. The van der Waals surface area contributed by atoms with Crippen LogP contribution in [0, 0.1) is 0 Å². The Morgan fingerprint density at radius 2 is 1.93 bits per heavy atom. The summed E-state index contributed by atoms with van der Waals surface area (Å²) in [5.74, 6) is 0.857. The maximum Gasteiger partial charge on any atom is 0.150 e. The van der Waals surface area contributed by atoms with Crippen LogP contribution in [0.2, 0.25) is 0 Å². The summed E-state index contributed by atoms with van der Waals surface area (Å²) in [5, 5.41) is 10.7. The summed E-state index contributed by atoms with van der Waals surface area (Å²) in [6.07, 6.45) is 9.13. The molecule has 1 aromatic carbocycles. The van der Waals surface area contributed by atoms with Crippen LogP contribution in [0.5, 0.6) is 5.75 Å². The van der Waals surface area contributed by atoms with Gasteiger partial charge in [0.15, 0.2) is 6.23 Å². The van der Waals surface area contributed by atoms with Gasteiger partial charge in [-0.05, 0) is 57.7 Å². The molecule has 30 heavy (non-hydrogen) atoms. The molecule has 7 heteroatoms. The second kappa shape index (κ2) is 8.40. The number of hydrogen-bond acceptors (Lipinski definition) is 5. The van der Waals surface area contributed by atoms with Gasteiger partial charge in [0.25, 0.3) is 0 Å². The third-order valence-corrected chi connectivity index (χ3v) is 6.12. The van der Waals surface area contributed by atoms with E-state index in [0.29, 0.717) is 13.2 Å². The average Bonchev–Trinajstić information content (AvgIpc) is 3.38. The first-order chi connectivity index (χ1) is 14.7. The topological polar surface area (TPSA) is 63.3 Å². The molecule has 7 nitrogen and oxygen atoms in total. The van der Waals surface area contributed by atoms with Crippen molar-refractivity contribution in [3.63, 3.8) is 0 Å². The number of benzene rings is 1. The number of hydrogen-bond donors (Lipinski definition) is 0. The highest BCUT2D eigenvalue weighted by molar-refractivity contribution is 5.94. The first-order valence-corrected chi connectivity index (χ1v) is 11.1. The van der Waals surface area contributed by atoms with Crippen LogP contribution >= 0.6 is 0 Å². The summed E-state index contributed by atoms with van der Waals surface area (Å²) in [4.78, 5) is 0. The van der Waals surface area contributed by atoms with Gasteiger partial charge in [-0.3, -0.25) is 4.68 Å². The predicted molar refractivity (Wildman–Crippen MR) is 115 cm³/mol. The number of aromatic nitrogens is 4. The summed E-state index contributed by atoms with van der Waals surface area (Å²) in [6, 6.07) is 6.51. The molecule has 0 spiro atoms. The molecular formula is C23H30N4O3. The smallest absolute Gasteiger partial charge is 0.150 e. The van der Waals surface area contributed by atoms with Gasteiger partial charge in [0.1, 0.15) is 11.4 Å². The van der Waals surface area contributed by atoms with E-state index < -0.39 is 0 Å². The lowest BCUT2D eigenvalue weighted by Crippen LogP contribution is -2.19. The lowest BCUT2D eigenvalue weighted by Gasteiger charge is -2.23. The third-order valence-electron chi connectivity index (χ3n) is 6.12. The molecular weight excluding hydrogens is 380 g/mol. The molecule has 3 atom stereocenters. The number of rotatable bonds is 1. The van der Waals surface area contributed by atoms with E-state index in [1.807, 2.05) is 16.9 Å². The highest BCUT2D eigenvalue weighted by Crippen LogP contribution is 2.35. The molecule has 1 saturated heterocycles. The monoisotopic (exact) mass is 410 g/mol. The molecule has 2 aliphatic heterocycles. The number of ether oxygens (including phenoxy) is 3. The molecule has 1 fully saturated rings. The Kier molecular flexibility index (Phi) is 5.48. The molecule has 0 amide bonds. The van der Waals surface area contributed by atoms with E-state index in [-0.39, 0.29) is 18.4 Å². The number of fused-ring (bicyclic) bond motifs is 4. The van der Waals surface area contributed by atoms with Gasteiger partial charge in [-0.15, -0.1) is 0 Å². The lowest BCUT2D eigenvalue weighted by molar-refractivity contribution is -0.0365. The Labute approximate surface area is 176 Å². The third kappa shape index (κ3) is 3.84. The standard InChI is InChI=1S/C23H30N4O3/c1-16-8-11-28-12-9-17(2)30-19-6-7-21-20(13-19)23(18-14-24-26(16)15-18)25-27(21)22-5-3-4-10-29-22/h6-7,13-17,22H,3-5,8-12H2,1-2H3/t16-,17-,22?/m0/s1. The van der Waals surface area contributed by atoms with Crippen molar-refractivity contribution in [2.45, 2.75) is 64.3 Å². The van der Waals surface area contributed by atoms with Crippen molar-refractivity contribution in [2.24, 2.45) is 0 Å². The fraction of sp³-hybridized carbons (Fsp3) is 0.565. The zero-order valence-electron chi connectivity index (χ0n) is 17.8. The molecule has 0 aliphatic carbocycles. The molecule has 2 aliphatic rings. The van der Waals surface area contributed by atoms with E-state index in [1.165, 1.54) is 0 Å². The van der Waals surface area contributed by atoms with Gasteiger partial charge < -0.3 is 14.2 Å². The Bertz CT molecular complexity index is 1010. The van der Waals surface area contributed by atoms with E-state index in [0.717, 1.165) is 66.6 Å². The quantitative estimate of drug-likeness (QED) is 0.580. The maximum absolute atomic E-state index is 6.19. The average molecular weight is 411 g/mol. The van der Waals surface area contributed by atoms with E-state index in [2.05, 4.69) is 42.0 Å². The Morgan fingerprint density at radius 1 is 1.03 bits per heavy atom. The Morgan fingerprint density at radius 3 is 2.80 bits per heavy atom. The van der Waals surface area contributed by atoms with Gasteiger partial charge in [-0.1, -0.05) is 0 Å². The van der Waals surface area contributed by atoms with Gasteiger partial charge in [0.2, 0.25) is 0 Å². The van der Waals surface area contributed by atoms with E-state index >= 15 is 0 Å². The predicted octanol–water partition coefficient (Wildman–Crippen LogP) is 4.74. The van der Waals surface area contributed by atoms with Gasteiger partial charge in [-0.2, -0.15) is 10.2 Å². The largest absolute Gasteiger partial charge is 0.491 e. The van der Waals surface area contributed by atoms with Crippen molar-refractivity contribution >= 4 is 10.9 Å². The highest BCUT2D eigenvalue weighted by Gasteiger charge is 2.23. The van der Waals surface area contributed by atoms with E-state index in [9.17, 15) is 0 Å². The van der Waals surface area contributed by atoms with Crippen molar-refractivity contribution in [3.05, 3.63) is 30.6 Å². The van der Waals surface area contributed by atoms with Crippen LogP contribution in [0.4, 0.5) is 0 Å². The second-order valence-corrected chi connectivity index (χ2v) is 8.47. The molecule has 0 radical (unpaired) electrons. The maximum atomic E-state index is 6.19. The summed E-state index contributed by atoms with van der Waals surface area (Å²) in [7, 11) is 0. The van der Waals surface area contributed by atoms with Crippen LogP contribution in [0.15, 0.2) is 30.6 Å². The molecule has 4 bridgehead atoms. The van der Waals surface area contributed by atoms with Gasteiger partial charge in [0.05, 0.1) is 30.5 Å². The minimum atomic E-state index is -0.0163. The molecule has 4 heterocycles. The Balaban J connectivity index is 1.61. The molecule has 0 N–H and O–H groups in total. The molecule has 0 saturated carbocycles. The van der Waals surface area contributed by atoms with Crippen LogP contribution < -0.4 is 4.74 Å². The zero-order valence-corrected chi connectivity index (χ0v) is 17.8. The Hall–Kier alpha value is -2.38. The molecule has 5 rings (SSSR count). The van der Waals surface area contributed by atoms with Crippen LogP contribution in [-0.4, -0.2) is 45.5 Å². The SMILES string of the molecule is C[C@H]1CCOCC[C@H](C)n2cc(cn2)-c2nn(C3CCCCO3)c3ccc(cc23)O1. The summed E-state index contributed by atoms with van der Waals surface area (Å²) in [5.41, 5.74) is 3.02. The second-order valence-electron chi connectivity index (χ2n) is 8.47. The van der Waals surface area contributed by atoms with E-state index in [4.69, 9.17) is 19.3 Å². The zero-order chi connectivity index (χ0) is 20.5.